The summed E-state index contributed by atoms with van der Waals surface area (Å²) >= 11 is 0. The SMILES string of the molecule is CNPNC1CCC(=C(C)C)CC1. The van der Waals surface area contributed by atoms with Gasteiger partial charge in [0.2, 0.25) is 0 Å². The van der Waals surface area contributed by atoms with Crippen LogP contribution in [0.5, 0.6) is 0 Å². The molecule has 0 aromatic carbocycles. The van der Waals surface area contributed by atoms with Crippen molar-refractivity contribution >= 4 is 8.88 Å². The lowest BCUT2D eigenvalue weighted by molar-refractivity contribution is 0.481. The highest BCUT2D eigenvalue weighted by Gasteiger charge is 2.15. The number of hydrogen-bond acceptors (Lipinski definition) is 2. The summed E-state index contributed by atoms with van der Waals surface area (Å²) in [6.07, 6.45) is 5.23. The highest BCUT2D eigenvalue weighted by molar-refractivity contribution is 7.33. The lowest BCUT2D eigenvalue weighted by Gasteiger charge is -2.25. The maximum absolute atomic E-state index is 3.52. The largest absolute Gasteiger partial charge is 0.289 e. The first-order valence-corrected chi connectivity index (χ1v) is 6.06. The normalized spacial score (nSPS) is 24.2. The van der Waals surface area contributed by atoms with Crippen LogP contribution < -0.4 is 10.2 Å². The molecular formula is C10H21N2P. The molecule has 0 amide bonds. The van der Waals surface area contributed by atoms with Crippen LogP contribution in [-0.4, -0.2) is 13.1 Å². The van der Waals surface area contributed by atoms with Gasteiger partial charge in [-0.25, -0.2) is 0 Å². The molecule has 0 aliphatic heterocycles. The average Bonchev–Trinajstić information content (AvgIpc) is 2.15. The zero-order valence-corrected chi connectivity index (χ0v) is 9.91. The highest BCUT2D eigenvalue weighted by Crippen LogP contribution is 2.26. The van der Waals surface area contributed by atoms with E-state index >= 15 is 0 Å². The highest BCUT2D eigenvalue weighted by atomic mass is 31.1. The summed E-state index contributed by atoms with van der Waals surface area (Å²) < 4.78 is 0. The number of rotatable bonds is 3. The van der Waals surface area contributed by atoms with E-state index in [1.54, 1.807) is 5.57 Å². The minimum Gasteiger partial charge on any atom is -0.289 e. The van der Waals surface area contributed by atoms with Gasteiger partial charge in [0.15, 0.2) is 0 Å². The van der Waals surface area contributed by atoms with E-state index in [9.17, 15) is 0 Å². The quantitative estimate of drug-likeness (QED) is 0.540. The van der Waals surface area contributed by atoms with Crippen LogP contribution in [-0.2, 0) is 0 Å². The molecule has 1 fully saturated rings. The van der Waals surface area contributed by atoms with Crippen LogP contribution in [0.4, 0.5) is 0 Å². The van der Waals surface area contributed by atoms with E-state index in [-0.39, 0.29) is 0 Å². The van der Waals surface area contributed by atoms with Gasteiger partial charge in [0.25, 0.3) is 0 Å². The van der Waals surface area contributed by atoms with Crippen LogP contribution in [0.2, 0.25) is 0 Å². The van der Waals surface area contributed by atoms with Gasteiger partial charge in [0.05, 0.1) is 0 Å². The van der Waals surface area contributed by atoms with Crippen molar-refractivity contribution in [3.63, 3.8) is 0 Å². The van der Waals surface area contributed by atoms with Gasteiger partial charge < -0.3 is 0 Å². The Morgan fingerprint density at radius 3 is 2.38 bits per heavy atom. The second-order valence-electron chi connectivity index (χ2n) is 3.90. The minimum absolute atomic E-state index is 0.716. The van der Waals surface area contributed by atoms with Crippen molar-refractivity contribution in [3.8, 4) is 0 Å². The first-order valence-electron chi connectivity index (χ1n) is 5.06. The van der Waals surface area contributed by atoms with Crippen molar-refractivity contribution in [2.45, 2.75) is 45.6 Å². The van der Waals surface area contributed by atoms with Crippen molar-refractivity contribution in [2.24, 2.45) is 0 Å². The number of nitrogens with one attached hydrogen (secondary N) is 2. The molecule has 76 valence electrons. The van der Waals surface area contributed by atoms with Crippen molar-refractivity contribution in [1.82, 2.24) is 10.2 Å². The van der Waals surface area contributed by atoms with Gasteiger partial charge in [-0.15, -0.1) is 0 Å². The third kappa shape index (κ3) is 3.76. The van der Waals surface area contributed by atoms with E-state index < -0.39 is 0 Å². The van der Waals surface area contributed by atoms with E-state index in [4.69, 9.17) is 0 Å². The summed E-state index contributed by atoms with van der Waals surface area (Å²) in [5.41, 5.74) is 3.22. The molecular weight excluding hydrogens is 179 g/mol. The number of allylic oxidation sites excluding steroid dienone is 2. The fourth-order valence-corrected chi connectivity index (χ4v) is 2.42. The molecule has 1 unspecified atom stereocenters. The van der Waals surface area contributed by atoms with Crippen LogP contribution in [0.15, 0.2) is 11.1 Å². The topological polar surface area (TPSA) is 24.1 Å². The summed E-state index contributed by atoms with van der Waals surface area (Å²) in [6, 6.07) is 0.744. The Hall–Kier alpha value is 0.0900. The van der Waals surface area contributed by atoms with Crippen molar-refractivity contribution < 1.29 is 0 Å². The molecule has 2 nitrogen and oxygen atoms in total. The van der Waals surface area contributed by atoms with E-state index in [2.05, 4.69) is 24.0 Å². The van der Waals surface area contributed by atoms with Crippen LogP contribution in [0.25, 0.3) is 0 Å². The van der Waals surface area contributed by atoms with Gasteiger partial charge in [0, 0.05) is 14.9 Å². The van der Waals surface area contributed by atoms with Crippen molar-refractivity contribution in [1.29, 1.82) is 0 Å². The zero-order chi connectivity index (χ0) is 9.68. The fraction of sp³-hybridized carbons (Fsp3) is 0.800. The minimum atomic E-state index is 0.716. The summed E-state index contributed by atoms with van der Waals surface area (Å²) in [5, 5.41) is 6.68. The summed E-state index contributed by atoms with van der Waals surface area (Å²) in [7, 11) is 2.71. The Balaban J connectivity index is 2.27. The molecule has 1 saturated carbocycles. The Morgan fingerprint density at radius 2 is 1.92 bits per heavy atom. The Bertz CT molecular complexity index is 175. The molecule has 1 aliphatic carbocycles. The van der Waals surface area contributed by atoms with Crippen molar-refractivity contribution in [3.05, 3.63) is 11.1 Å². The van der Waals surface area contributed by atoms with Gasteiger partial charge in [-0.3, -0.25) is 10.2 Å². The standard InChI is InChI=1S/C10H21N2P/c1-8(2)9-4-6-10(7-5-9)12-13-11-3/h10-13H,4-7H2,1-3H3. The zero-order valence-electron chi connectivity index (χ0n) is 8.91. The Kier molecular flexibility index (Phi) is 4.93. The van der Waals surface area contributed by atoms with E-state index in [1.807, 2.05) is 7.05 Å². The van der Waals surface area contributed by atoms with Crippen LogP contribution >= 0.6 is 8.88 Å². The molecule has 1 aliphatic rings. The van der Waals surface area contributed by atoms with Gasteiger partial charge >= 0.3 is 0 Å². The third-order valence-corrected chi connectivity index (χ3v) is 3.50. The second-order valence-corrected chi connectivity index (χ2v) is 4.94. The molecule has 0 bridgehead atoms. The van der Waals surface area contributed by atoms with E-state index in [0.29, 0.717) is 8.88 Å². The number of hydrogen-bond donors (Lipinski definition) is 2. The maximum atomic E-state index is 3.52. The van der Waals surface area contributed by atoms with Gasteiger partial charge in [-0.05, 0) is 46.6 Å². The molecule has 0 heterocycles. The summed E-state index contributed by atoms with van der Waals surface area (Å²) in [4.78, 5) is 0. The fourth-order valence-electron chi connectivity index (χ4n) is 1.78. The predicted octanol–water partition coefficient (Wildman–Crippen LogP) is 2.58. The molecule has 1 atom stereocenters. The van der Waals surface area contributed by atoms with E-state index in [0.717, 1.165) is 6.04 Å². The Morgan fingerprint density at radius 1 is 1.31 bits per heavy atom. The van der Waals surface area contributed by atoms with E-state index in [1.165, 1.54) is 31.3 Å². The summed E-state index contributed by atoms with van der Waals surface area (Å²) in [6.45, 7) is 4.47. The molecule has 3 heteroatoms. The predicted molar refractivity (Wildman–Crippen MR) is 61.1 cm³/mol. The van der Waals surface area contributed by atoms with Gasteiger partial charge in [-0.1, -0.05) is 11.1 Å². The van der Waals surface area contributed by atoms with Crippen LogP contribution in [0.1, 0.15) is 39.5 Å². The summed E-state index contributed by atoms with van der Waals surface area (Å²) in [5.74, 6) is 0. The smallest absolute Gasteiger partial charge is 0.0183 e. The molecule has 13 heavy (non-hydrogen) atoms. The Labute approximate surface area is 83.5 Å². The first-order chi connectivity index (χ1) is 6.24. The maximum Gasteiger partial charge on any atom is 0.0183 e. The third-order valence-electron chi connectivity index (χ3n) is 2.70. The van der Waals surface area contributed by atoms with Gasteiger partial charge in [0.1, 0.15) is 0 Å². The molecule has 0 spiro atoms. The van der Waals surface area contributed by atoms with Crippen LogP contribution in [0.3, 0.4) is 0 Å². The van der Waals surface area contributed by atoms with Crippen molar-refractivity contribution in [2.75, 3.05) is 7.05 Å². The second kappa shape index (κ2) is 5.74. The lowest BCUT2D eigenvalue weighted by Crippen LogP contribution is -2.27. The first kappa shape index (κ1) is 11.2. The molecule has 2 N–H and O–H groups in total. The molecule has 0 radical (unpaired) electrons. The molecule has 0 saturated heterocycles. The monoisotopic (exact) mass is 200 g/mol. The molecule has 0 aromatic heterocycles. The van der Waals surface area contributed by atoms with Gasteiger partial charge in [-0.2, -0.15) is 0 Å². The lowest BCUT2D eigenvalue weighted by atomic mass is 9.89. The molecule has 1 rings (SSSR count). The van der Waals surface area contributed by atoms with Crippen LogP contribution in [0, 0.1) is 0 Å². The molecule has 0 aromatic rings. The average molecular weight is 200 g/mol.